The van der Waals surface area contributed by atoms with E-state index in [2.05, 4.69) is 11.4 Å². The Bertz CT molecular complexity index is 1060. The lowest BCUT2D eigenvalue weighted by Gasteiger charge is -2.28. The maximum absolute atomic E-state index is 13.4. The molecule has 0 fully saturated rings. The third kappa shape index (κ3) is 5.05. The summed E-state index contributed by atoms with van der Waals surface area (Å²) in [5.41, 5.74) is 4.14. The van der Waals surface area contributed by atoms with Crippen molar-refractivity contribution in [3.05, 3.63) is 95.1 Å². The first-order valence-corrected chi connectivity index (χ1v) is 9.71. The van der Waals surface area contributed by atoms with Gasteiger partial charge < -0.3 is 10.1 Å². The summed E-state index contributed by atoms with van der Waals surface area (Å²) in [4.78, 5) is 15.4. The van der Waals surface area contributed by atoms with Gasteiger partial charge in [-0.05, 0) is 54.9 Å². The number of hydrogen-bond acceptors (Lipinski definition) is 4. The predicted octanol–water partition coefficient (Wildman–Crippen LogP) is 4.69. The molecular formula is C25H25N3O2. The van der Waals surface area contributed by atoms with Crippen molar-refractivity contribution in [3.63, 3.8) is 0 Å². The molecule has 1 N–H and O–H groups in total. The monoisotopic (exact) mass is 399 g/mol. The predicted molar refractivity (Wildman–Crippen MR) is 118 cm³/mol. The van der Waals surface area contributed by atoms with Crippen molar-refractivity contribution in [1.82, 2.24) is 4.90 Å². The second-order valence-corrected chi connectivity index (χ2v) is 7.23. The van der Waals surface area contributed by atoms with Crippen molar-refractivity contribution in [1.29, 1.82) is 5.26 Å². The number of hydrogen-bond donors (Lipinski definition) is 1. The average molecular weight is 399 g/mol. The van der Waals surface area contributed by atoms with Crippen molar-refractivity contribution in [2.75, 3.05) is 19.5 Å². The fourth-order valence-corrected chi connectivity index (χ4v) is 3.48. The van der Waals surface area contributed by atoms with Gasteiger partial charge in [-0.3, -0.25) is 9.69 Å². The Kier molecular flexibility index (Phi) is 6.84. The number of amides is 1. The zero-order valence-corrected chi connectivity index (χ0v) is 17.4. The molecule has 0 heterocycles. The fourth-order valence-electron chi connectivity index (χ4n) is 3.48. The van der Waals surface area contributed by atoms with Crippen LogP contribution in [0.2, 0.25) is 0 Å². The molecular weight excluding hydrogens is 374 g/mol. The van der Waals surface area contributed by atoms with Crippen molar-refractivity contribution >= 4 is 11.6 Å². The van der Waals surface area contributed by atoms with Gasteiger partial charge >= 0.3 is 0 Å². The highest BCUT2D eigenvalue weighted by molar-refractivity contribution is 5.96. The van der Waals surface area contributed by atoms with Gasteiger partial charge in [0.2, 0.25) is 5.91 Å². The Morgan fingerprint density at radius 3 is 2.57 bits per heavy atom. The quantitative estimate of drug-likeness (QED) is 0.626. The van der Waals surface area contributed by atoms with Gasteiger partial charge in [0, 0.05) is 6.54 Å². The van der Waals surface area contributed by atoms with Crippen LogP contribution in [0.3, 0.4) is 0 Å². The van der Waals surface area contributed by atoms with Gasteiger partial charge in [-0.25, -0.2) is 0 Å². The molecule has 3 rings (SSSR count). The second-order valence-electron chi connectivity index (χ2n) is 7.23. The summed E-state index contributed by atoms with van der Waals surface area (Å²) in [5.74, 6) is 0.467. The van der Waals surface area contributed by atoms with Crippen LogP contribution >= 0.6 is 0 Å². The van der Waals surface area contributed by atoms with Crippen molar-refractivity contribution < 1.29 is 9.53 Å². The van der Waals surface area contributed by atoms with Gasteiger partial charge in [0.05, 0.1) is 24.4 Å². The normalized spacial score (nSPS) is 11.6. The minimum absolute atomic E-state index is 0.149. The third-order valence-electron chi connectivity index (χ3n) is 4.91. The van der Waals surface area contributed by atoms with E-state index in [9.17, 15) is 4.79 Å². The van der Waals surface area contributed by atoms with Crippen LogP contribution in [0.5, 0.6) is 5.75 Å². The number of likely N-dealkylation sites (N-methyl/N-ethyl adjacent to an activating group) is 1. The number of benzene rings is 3. The highest BCUT2D eigenvalue weighted by Crippen LogP contribution is 2.29. The summed E-state index contributed by atoms with van der Waals surface area (Å²) in [6.07, 6.45) is 0. The first kappa shape index (κ1) is 21.1. The van der Waals surface area contributed by atoms with E-state index in [0.29, 0.717) is 23.5 Å². The van der Waals surface area contributed by atoms with Crippen molar-refractivity contribution in [3.8, 4) is 11.8 Å². The van der Waals surface area contributed by atoms with Crippen LogP contribution in [-0.4, -0.2) is 25.0 Å². The number of aryl methyl sites for hydroxylation is 1. The summed E-state index contributed by atoms with van der Waals surface area (Å²) in [6, 6.07) is 24.4. The Morgan fingerprint density at radius 2 is 1.87 bits per heavy atom. The molecule has 3 aromatic carbocycles. The number of nitrogens with zero attached hydrogens (tertiary/aromatic N) is 2. The lowest BCUT2D eigenvalue weighted by molar-refractivity contribution is -0.121. The maximum Gasteiger partial charge on any atom is 0.246 e. The molecule has 0 saturated heterocycles. The van der Waals surface area contributed by atoms with Crippen molar-refractivity contribution in [2.45, 2.75) is 19.5 Å². The van der Waals surface area contributed by atoms with Crippen LogP contribution in [0.15, 0.2) is 72.8 Å². The SMILES string of the molecule is COc1ccc(C)cc1NC(=O)C(c1ccccc1)N(C)Cc1cccc(C#N)c1. The number of nitrogens with one attached hydrogen (secondary N) is 1. The van der Waals surface area contributed by atoms with Crippen LogP contribution in [0.4, 0.5) is 5.69 Å². The molecule has 152 valence electrons. The minimum Gasteiger partial charge on any atom is -0.495 e. The lowest BCUT2D eigenvalue weighted by atomic mass is 10.0. The fraction of sp³-hybridized carbons (Fsp3) is 0.200. The highest BCUT2D eigenvalue weighted by atomic mass is 16.5. The second kappa shape index (κ2) is 9.73. The van der Waals surface area contributed by atoms with E-state index < -0.39 is 6.04 Å². The molecule has 0 bridgehead atoms. The Balaban J connectivity index is 1.90. The van der Waals surface area contributed by atoms with E-state index in [0.717, 1.165) is 16.7 Å². The molecule has 5 heteroatoms. The largest absolute Gasteiger partial charge is 0.495 e. The van der Waals surface area contributed by atoms with Crippen molar-refractivity contribution in [2.24, 2.45) is 0 Å². The van der Waals surface area contributed by atoms with E-state index in [-0.39, 0.29) is 5.91 Å². The van der Waals surface area contributed by atoms with Gasteiger partial charge in [0.15, 0.2) is 0 Å². The standard InChI is InChI=1S/C25H25N3O2/c1-18-12-13-23(30-3)22(14-18)27-25(29)24(21-10-5-4-6-11-21)28(2)17-20-9-7-8-19(15-20)16-26/h4-15,24H,17H2,1-3H3,(H,27,29). The summed E-state index contributed by atoms with van der Waals surface area (Å²) >= 11 is 0. The topological polar surface area (TPSA) is 65.4 Å². The first-order chi connectivity index (χ1) is 14.5. The van der Waals surface area contributed by atoms with E-state index in [1.165, 1.54) is 0 Å². The Labute approximate surface area is 177 Å². The minimum atomic E-state index is -0.512. The molecule has 1 unspecified atom stereocenters. The number of anilines is 1. The number of nitriles is 1. The molecule has 0 aromatic heterocycles. The number of carbonyl (C=O) groups excluding carboxylic acids is 1. The number of rotatable bonds is 7. The molecule has 0 aliphatic heterocycles. The summed E-state index contributed by atoms with van der Waals surface area (Å²) in [6.45, 7) is 2.49. The number of methoxy groups -OCH3 is 1. The zero-order chi connectivity index (χ0) is 21.5. The summed E-state index contributed by atoms with van der Waals surface area (Å²) in [5, 5.41) is 12.2. The smallest absolute Gasteiger partial charge is 0.246 e. The first-order valence-electron chi connectivity index (χ1n) is 9.71. The van der Waals surface area contributed by atoms with Crippen LogP contribution in [-0.2, 0) is 11.3 Å². The molecule has 3 aromatic rings. The molecule has 0 spiro atoms. The molecule has 0 aliphatic carbocycles. The van der Waals surface area contributed by atoms with Crippen LogP contribution in [0.1, 0.15) is 28.3 Å². The summed E-state index contributed by atoms with van der Waals surface area (Å²) in [7, 11) is 3.49. The molecule has 0 saturated carbocycles. The van der Waals surface area contributed by atoms with Gasteiger partial charge in [0.1, 0.15) is 11.8 Å². The zero-order valence-electron chi connectivity index (χ0n) is 17.4. The maximum atomic E-state index is 13.4. The number of carbonyl (C=O) groups is 1. The summed E-state index contributed by atoms with van der Waals surface area (Å²) < 4.78 is 5.41. The average Bonchev–Trinajstić information content (AvgIpc) is 2.75. The molecule has 1 amide bonds. The van der Waals surface area contributed by atoms with Gasteiger partial charge in [-0.1, -0.05) is 48.5 Å². The molecule has 5 nitrogen and oxygen atoms in total. The molecule has 30 heavy (non-hydrogen) atoms. The van der Waals surface area contributed by atoms with Gasteiger partial charge in [-0.2, -0.15) is 5.26 Å². The van der Waals surface area contributed by atoms with Crippen LogP contribution in [0.25, 0.3) is 0 Å². The molecule has 1 atom stereocenters. The lowest BCUT2D eigenvalue weighted by Crippen LogP contribution is -2.34. The Hall–Kier alpha value is -3.62. The highest BCUT2D eigenvalue weighted by Gasteiger charge is 2.26. The van der Waals surface area contributed by atoms with E-state index in [1.807, 2.05) is 85.6 Å². The van der Waals surface area contributed by atoms with Crippen LogP contribution < -0.4 is 10.1 Å². The van der Waals surface area contributed by atoms with Gasteiger partial charge in [0.25, 0.3) is 0 Å². The molecule has 0 aliphatic rings. The molecule has 0 radical (unpaired) electrons. The van der Waals surface area contributed by atoms with Gasteiger partial charge in [-0.15, -0.1) is 0 Å². The van der Waals surface area contributed by atoms with Crippen LogP contribution in [0, 0.1) is 18.3 Å². The third-order valence-corrected chi connectivity index (χ3v) is 4.91. The van der Waals surface area contributed by atoms with E-state index >= 15 is 0 Å². The number of ether oxygens (including phenoxy) is 1. The van der Waals surface area contributed by atoms with E-state index in [4.69, 9.17) is 10.00 Å². The Morgan fingerprint density at radius 1 is 1.10 bits per heavy atom. The van der Waals surface area contributed by atoms with E-state index in [1.54, 1.807) is 13.2 Å².